The van der Waals surface area contributed by atoms with Gasteiger partial charge in [0.05, 0.1) is 11.7 Å². The van der Waals surface area contributed by atoms with Gasteiger partial charge in [-0.1, -0.05) is 34.6 Å². The first-order valence-electron chi connectivity index (χ1n) is 15.4. The number of piperidine rings is 2. The zero-order valence-electron chi connectivity index (χ0n) is 24.8. The quantitative estimate of drug-likeness (QED) is 0.162. The molecule has 1 aromatic heterocycles. The summed E-state index contributed by atoms with van der Waals surface area (Å²) in [4.78, 5) is 38.4. The predicted octanol–water partition coefficient (Wildman–Crippen LogP) is 5.01. The highest BCUT2D eigenvalue weighted by molar-refractivity contribution is 5.98. The van der Waals surface area contributed by atoms with Crippen molar-refractivity contribution in [1.29, 1.82) is 0 Å². The minimum absolute atomic E-state index is 0.0808. The van der Waals surface area contributed by atoms with Crippen molar-refractivity contribution in [3.63, 3.8) is 0 Å². The molecule has 12 nitrogen and oxygen atoms in total. The van der Waals surface area contributed by atoms with E-state index in [4.69, 9.17) is 10.8 Å². The molecular weight excluding hydrogens is 532 g/mol. The van der Waals surface area contributed by atoms with Crippen LogP contribution >= 0.6 is 0 Å². The highest BCUT2D eigenvalue weighted by Crippen LogP contribution is 2.33. The highest BCUT2D eigenvalue weighted by Gasteiger charge is 2.29. The van der Waals surface area contributed by atoms with Crippen molar-refractivity contribution in [3.05, 3.63) is 46.1 Å². The van der Waals surface area contributed by atoms with Gasteiger partial charge in [-0.15, -0.1) is 0 Å². The zero-order chi connectivity index (χ0) is 29.5. The first kappa shape index (κ1) is 30.0. The second-order valence-corrected chi connectivity index (χ2v) is 11.9. The van der Waals surface area contributed by atoms with Gasteiger partial charge in [0.25, 0.3) is 0 Å². The molecule has 4 N–H and O–H groups in total. The summed E-state index contributed by atoms with van der Waals surface area (Å²) in [6, 6.07) is 9.13. The average Bonchev–Trinajstić information content (AvgIpc) is 3.02. The van der Waals surface area contributed by atoms with E-state index in [0.29, 0.717) is 35.7 Å². The summed E-state index contributed by atoms with van der Waals surface area (Å²) >= 11 is 0. The van der Waals surface area contributed by atoms with Crippen molar-refractivity contribution >= 4 is 23.2 Å². The molecule has 0 spiro atoms. The molecule has 1 saturated carbocycles. The number of likely N-dealkylation sites (tertiary alicyclic amines) is 2. The molecule has 2 aromatic rings. The molecule has 0 unspecified atom stereocenters. The topological polar surface area (TPSA) is 154 Å². The fourth-order valence-corrected chi connectivity index (χ4v) is 6.65. The molecule has 2 saturated heterocycles. The number of anilines is 3. The van der Waals surface area contributed by atoms with E-state index < -0.39 is 5.91 Å². The van der Waals surface area contributed by atoms with Crippen LogP contribution in [0.15, 0.2) is 39.8 Å². The number of carbonyl (C=O) groups excluding carboxylic acids is 1. The lowest BCUT2D eigenvalue weighted by Gasteiger charge is -2.41. The highest BCUT2D eigenvalue weighted by atomic mass is 16.3. The molecule has 3 fully saturated rings. The molecule has 2 aliphatic heterocycles. The van der Waals surface area contributed by atoms with Gasteiger partial charge >= 0.3 is 5.91 Å². The third kappa shape index (κ3) is 7.27. The van der Waals surface area contributed by atoms with Gasteiger partial charge in [0.2, 0.25) is 0 Å². The molecule has 226 valence electrons. The van der Waals surface area contributed by atoms with Crippen LogP contribution in [0.1, 0.15) is 86.0 Å². The molecule has 0 atom stereocenters. The van der Waals surface area contributed by atoms with Gasteiger partial charge in [0.1, 0.15) is 5.82 Å². The molecule has 3 aliphatic rings. The van der Waals surface area contributed by atoms with Crippen LogP contribution in [-0.2, 0) is 6.42 Å². The Balaban J connectivity index is 1.32. The molecule has 42 heavy (non-hydrogen) atoms. The second-order valence-electron chi connectivity index (χ2n) is 11.9. The second kappa shape index (κ2) is 14.1. The Morgan fingerprint density at radius 3 is 2.40 bits per heavy atom. The van der Waals surface area contributed by atoms with Crippen molar-refractivity contribution in [3.8, 4) is 0 Å². The lowest BCUT2D eigenvalue weighted by atomic mass is 9.88. The van der Waals surface area contributed by atoms with Crippen molar-refractivity contribution in [2.45, 2.75) is 88.8 Å². The van der Waals surface area contributed by atoms with Gasteiger partial charge in [0.15, 0.2) is 11.5 Å². The van der Waals surface area contributed by atoms with Crippen LogP contribution in [0.3, 0.4) is 0 Å². The van der Waals surface area contributed by atoms with E-state index in [1.807, 2.05) is 13.0 Å². The summed E-state index contributed by atoms with van der Waals surface area (Å²) in [6.07, 6.45) is 8.52. The zero-order valence-corrected chi connectivity index (χ0v) is 24.8. The number of benzene rings is 1. The number of aryl methyl sites for hydroxylation is 1. The number of amides is 1. The number of aromatic nitrogens is 2. The maximum absolute atomic E-state index is 12.8. The van der Waals surface area contributed by atoms with Crippen molar-refractivity contribution < 1.29 is 4.79 Å². The smallest absolute Gasteiger partial charge is 0.319 e. The Labute approximate surface area is 247 Å². The van der Waals surface area contributed by atoms with Crippen LogP contribution < -0.4 is 16.5 Å². The van der Waals surface area contributed by atoms with Crippen LogP contribution in [0.25, 0.3) is 0 Å². The first-order valence-corrected chi connectivity index (χ1v) is 15.4. The van der Waals surface area contributed by atoms with E-state index >= 15 is 0 Å². The Morgan fingerprint density at radius 2 is 1.74 bits per heavy atom. The molecule has 3 heterocycles. The maximum atomic E-state index is 12.8. The van der Waals surface area contributed by atoms with Crippen molar-refractivity contribution in [2.24, 2.45) is 21.4 Å². The van der Waals surface area contributed by atoms with E-state index in [9.17, 15) is 9.70 Å². The minimum atomic E-state index is -0.649. The van der Waals surface area contributed by atoms with E-state index in [-0.39, 0.29) is 17.8 Å². The summed E-state index contributed by atoms with van der Waals surface area (Å²) in [6.45, 7) is 6.60. The molecule has 0 radical (unpaired) electrons. The molecule has 1 aromatic carbocycles. The maximum Gasteiger partial charge on any atom is 0.319 e. The summed E-state index contributed by atoms with van der Waals surface area (Å²) in [5, 5.41) is 16.8. The molecule has 5 rings (SSSR count). The fraction of sp³-hybridized carbons (Fsp3) is 0.633. The molecule has 1 aliphatic carbocycles. The number of nitrogens with two attached hydrogens (primary N) is 1. The number of hydrogen-bond donors (Lipinski definition) is 3. The van der Waals surface area contributed by atoms with Gasteiger partial charge in [-0.25, -0.2) is 9.97 Å². The number of nitroso groups, excluding NO2 is 1. The lowest BCUT2D eigenvalue weighted by Crippen LogP contribution is -2.46. The first-order chi connectivity index (χ1) is 20.5. The summed E-state index contributed by atoms with van der Waals surface area (Å²) in [7, 11) is 2.21. The third-order valence-electron chi connectivity index (χ3n) is 9.20. The summed E-state index contributed by atoms with van der Waals surface area (Å²) in [5.74, 6) is 5.98. The fourth-order valence-electron chi connectivity index (χ4n) is 6.65. The van der Waals surface area contributed by atoms with Crippen LogP contribution in [-0.4, -0.2) is 77.0 Å². The lowest BCUT2D eigenvalue weighted by molar-refractivity contribution is 0.0966. The Hall–Kier alpha value is -3.51. The van der Waals surface area contributed by atoms with Crippen molar-refractivity contribution in [1.82, 2.24) is 19.8 Å². The summed E-state index contributed by atoms with van der Waals surface area (Å²) < 4.78 is 0. The third-order valence-corrected chi connectivity index (χ3v) is 9.20. The van der Waals surface area contributed by atoms with Gasteiger partial charge in [-0.2, -0.15) is 4.91 Å². The average molecular weight is 577 g/mol. The molecule has 1 amide bonds. The van der Waals surface area contributed by atoms with Gasteiger partial charge in [-0.3, -0.25) is 4.79 Å². The van der Waals surface area contributed by atoms with E-state index in [1.165, 1.54) is 31.5 Å². The van der Waals surface area contributed by atoms with E-state index in [0.717, 1.165) is 57.3 Å². The SMILES string of the molecule is CCc1nc(C(=O)N=NN)c(Nc2cccc(C3CCN(C4CCN(C)CC4)CC3)c2)nc1N[C@H]1CC[C@H](N=O)CC1. The number of nitrogens with zero attached hydrogens (tertiary/aromatic N) is 7. The largest absolute Gasteiger partial charge is 0.366 e. The number of rotatable bonds is 9. The van der Waals surface area contributed by atoms with Crippen molar-refractivity contribution in [2.75, 3.05) is 43.9 Å². The Morgan fingerprint density at radius 1 is 1.00 bits per heavy atom. The molecule has 0 bridgehead atoms. The Kier molecular flexibility index (Phi) is 10.1. The molecular formula is C30H44N10O2. The Bertz CT molecular complexity index is 1250. The van der Waals surface area contributed by atoms with Gasteiger partial charge < -0.3 is 26.3 Å². The van der Waals surface area contributed by atoms with E-state index in [2.05, 4.69) is 66.2 Å². The van der Waals surface area contributed by atoms with Gasteiger partial charge in [-0.05, 0) is 115 Å². The van der Waals surface area contributed by atoms with Crippen LogP contribution in [0.5, 0.6) is 0 Å². The van der Waals surface area contributed by atoms with Gasteiger partial charge in [0, 0.05) is 17.8 Å². The summed E-state index contributed by atoms with van der Waals surface area (Å²) in [5.41, 5.74) is 2.87. The number of nitrogens with one attached hydrogen (secondary N) is 2. The standard InChI is InChI=1S/C30H44N10O2/c1-3-26-28(32-22-7-9-23(37-42)10-8-22)35-29(27(34-26)30(41)36-38-31)33-24-6-4-5-21(19-24)20-11-17-40(18-12-20)25-13-15-39(2)16-14-25/h4-6,19-20,22-23,25H,3,7-18H2,1-2H3,(H2,31,36,41)(H2,32,33,35)/t22-,23-. The number of hydrogen-bond acceptors (Lipinski definition) is 10. The normalized spacial score (nSPS) is 23.2. The van der Waals surface area contributed by atoms with Crippen LogP contribution in [0, 0.1) is 4.91 Å². The number of carbonyl (C=O) groups is 1. The van der Waals surface area contributed by atoms with E-state index in [1.54, 1.807) is 0 Å². The minimum Gasteiger partial charge on any atom is -0.366 e. The molecule has 12 heteroatoms. The predicted molar refractivity (Wildman–Crippen MR) is 164 cm³/mol. The monoisotopic (exact) mass is 576 g/mol. The van der Waals surface area contributed by atoms with Crippen LogP contribution in [0.4, 0.5) is 17.3 Å². The van der Waals surface area contributed by atoms with Crippen LogP contribution in [0.2, 0.25) is 0 Å².